The number of carbonyl (C=O) groups excluding carboxylic acids is 2. The predicted octanol–water partition coefficient (Wildman–Crippen LogP) is 3.21. The molecule has 6 nitrogen and oxygen atoms in total. The van der Waals surface area contributed by atoms with Gasteiger partial charge in [-0.1, -0.05) is 26.0 Å². The van der Waals surface area contributed by atoms with Crippen molar-refractivity contribution < 1.29 is 18.7 Å². The molecule has 29 heavy (non-hydrogen) atoms. The van der Waals surface area contributed by atoms with Crippen LogP contribution in [-0.2, 0) is 4.79 Å². The van der Waals surface area contributed by atoms with Gasteiger partial charge in [0, 0.05) is 11.6 Å². The fourth-order valence-electron chi connectivity index (χ4n) is 2.08. The van der Waals surface area contributed by atoms with E-state index in [1.165, 1.54) is 36.4 Å². The molecule has 0 aliphatic rings. The average Bonchev–Trinajstić information content (AvgIpc) is 2.70. The summed E-state index contributed by atoms with van der Waals surface area (Å²) in [6, 6.07) is 12.3. The van der Waals surface area contributed by atoms with E-state index >= 15 is 0 Å². The van der Waals surface area contributed by atoms with Crippen molar-refractivity contribution >= 4 is 35.2 Å². The molecule has 152 valence electrons. The Hall–Kier alpha value is -3.26. The van der Waals surface area contributed by atoms with Gasteiger partial charge in [0.15, 0.2) is 5.11 Å². The molecule has 0 bridgehead atoms. The van der Waals surface area contributed by atoms with Gasteiger partial charge in [-0.15, -0.1) is 0 Å². The van der Waals surface area contributed by atoms with Crippen LogP contribution < -0.4 is 20.9 Å². The minimum Gasteiger partial charge on any atom is -0.493 e. The molecule has 0 aliphatic carbocycles. The lowest BCUT2D eigenvalue weighted by Crippen LogP contribution is -2.48. The van der Waals surface area contributed by atoms with Crippen molar-refractivity contribution in [3.05, 3.63) is 71.6 Å². The fraction of sp³-hybridized carbons (Fsp3) is 0.190. The molecule has 0 saturated heterocycles. The number of ether oxygens (including phenoxy) is 1. The molecule has 0 aliphatic heterocycles. The first kappa shape index (κ1) is 22.0. The molecule has 0 spiro atoms. The van der Waals surface area contributed by atoms with Crippen molar-refractivity contribution in [3.63, 3.8) is 0 Å². The van der Waals surface area contributed by atoms with E-state index in [4.69, 9.17) is 17.0 Å². The molecule has 2 aromatic rings. The first-order chi connectivity index (χ1) is 13.8. The number of nitrogens with one attached hydrogen (secondary N) is 3. The molecule has 0 radical (unpaired) electrons. The van der Waals surface area contributed by atoms with Crippen LogP contribution in [0.1, 0.15) is 29.8 Å². The summed E-state index contributed by atoms with van der Waals surface area (Å²) in [5, 5.41) is 2.32. The van der Waals surface area contributed by atoms with Crippen molar-refractivity contribution in [2.75, 3.05) is 6.61 Å². The second-order valence-electron chi connectivity index (χ2n) is 6.51. The summed E-state index contributed by atoms with van der Waals surface area (Å²) < 4.78 is 18.4. The van der Waals surface area contributed by atoms with Crippen molar-refractivity contribution in [2.45, 2.75) is 13.8 Å². The van der Waals surface area contributed by atoms with Gasteiger partial charge in [-0.25, -0.2) is 4.39 Å². The largest absolute Gasteiger partial charge is 0.493 e. The zero-order valence-electron chi connectivity index (χ0n) is 16.1. The van der Waals surface area contributed by atoms with E-state index in [1.54, 1.807) is 24.3 Å². The van der Waals surface area contributed by atoms with Gasteiger partial charge in [0.25, 0.3) is 5.91 Å². The SMILES string of the molecule is CC(C)COc1ccc(C(=O)NNC(=S)NC(=O)C=Cc2ccc(F)cc2)cc1. The summed E-state index contributed by atoms with van der Waals surface area (Å²) in [6.45, 7) is 4.69. The molecule has 2 rings (SSSR count). The van der Waals surface area contributed by atoms with Crippen molar-refractivity contribution in [1.82, 2.24) is 16.2 Å². The van der Waals surface area contributed by atoms with Crippen LogP contribution in [-0.4, -0.2) is 23.5 Å². The van der Waals surface area contributed by atoms with Crippen LogP contribution in [0.4, 0.5) is 4.39 Å². The molecular weight excluding hydrogens is 393 g/mol. The Bertz CT molecular complexity index is 881. The highest BCUT2D eigenvalue weighted by molar-refractivity contribution is 7.80. The number of thiocarbonyl (C=S) groups is 1. The standard InChI is InChI=1S/C21H22FN3O3S/c1-14(2)13-28-18-10-6-16(7-11-18)20(27)24-25-21(29)23-19(26)12-5-15-3-8-17(22)9-4-15/h3-12,14H,13H2,1-2H3,(H,24,27)(H2,23,25,26,29). The predicted molar refractivity (Wildman–Crippen MR) is 114 cm³/mol. The lowest BCUT2D eigenvalue weighted by molar-refractivity contribution is -0.115. The van der Waals surface area contributed by atoms with Crippen LogP contribution >= 0.6 is 12.2 Å². The molecule has 2 aromatic carbocycles. The summed E-state index contributed by atoms with van der Waals surface area (Å²) in [7, 11) is 0. The summed E-state index contributed by atoms with van der Waals surface area (Å²) in [5.74, 6) is -0.181. The van der Waals surface area contributed by atoms with Crippen molar-refractivity contribution in [2.24, 2.45) is 5.92 Å². The molecule has 0 atom stereocenters. The van der Waals surface area contributed by atoms with E-state index in [0.29, 0.717) is 29.4 Å². The summed E-state index contributed by atoms with van der Waals surface area (Å²) in [5.41, 5.74) is 5.92. The van der Waals surface area contributed by atoms with Gasteiger partial charge >= 0.3 is 0 Å². The molecule has 0 saturated carbocycles. The topological polar surface area (TPSA) is 79.5 Å². The van der Waals surface area contributed by atoms with E-state index < -0.39 is 11.8 Å². The van der Waals surface area contributed by atoms with Gasteiger partial charge in [0.1, 0.15) is 11.6 Å². The van der Waals surface area contributed by atoms with Crippen LogP contribution in [0.25, 0.3) is 6.08 Å². The Balaban J connectivity index is 1.76. The number of amides is 2. The van der Waals surface area contributed by atoms with Gasteiger partial charge in [-0.3, -0.25) is 25.8 Å². The van der Waals surface area contributed by atoms with Gasteiger partial charge in [-0.2, -0.15) is 0 Å². The number of hydrogen-bond donors (Lipinski definition) is 3. The smallest absolute Gasteiger partial charge is 0.269 e. The highest BCUT2D eigenvalue weighted by Gasteiger charge is 2.07. The molecule has 2 amide bonds. The Morgan fingerprint density at radius 1 is 1.07 bits per heavy atom. The van der Waals surface area contributed by atoms with Crippen LogP contribution in [0.5, 0.6) is 5.75 Å². The maximum Gasteiger partial charge on any atom is 0.269 e. The fourth-order valence-corrected chi connectivity index (χ4v) is 2.23. The third kappa shape index (κ3) is 8.10. The van der Waals surface area contributed by atoms with Crippen LogP contribution in [0.2, 0.25) is 0 Å². The van der Waals surface area contributed by atoms with Gasteiger partial charge in [0.2, 0.25) is 5.91 Å². The second-order valence-corrected chi connectivity index (χ2v) is 6.92. The summed E-state index contributed by atoms with van der Waals surface area (Å²) in [6.07, 6.45) is 2.76. The maximum atomic E-state index is 12.8. The third-order valence-corrected chi connectivity index (χ3v) is 3.73. The first-order valence-corrected chi connectivity index (χ1v) is 9.32. The van der Waals surface area contributed by atoms with Crippen LogP contribution in [0.3, 0.4) is 0 Å². The highest BCUT2D eigenvalue weighted by atomic mass is 32.1. The molecule has 0 unspecified atom stereocenters. The van der Waals surface area contributed by atoms with Crippen LogP contribution in [0, 0.1) is 11.7 Å². The second kappa shape index (κ2) is 10.9. The van der Waals surface area contributed by atoms with Gasteiger partial charge in [0.05, 0.1) is 6.61 Å². The average molecular weight is 415 g/mol. The highest BCUT2D eigenvalue weighted by Crippen LogP contribution is 2.13. The number of hydrogen-bond acceptors (Lipinski definition) is 4. The molecular formula is C21H22FN3O3S. The normalized spacial score (nSPS) is 10.6. The number of halogens is 1. The lowest BCUT2D eigenvalue weighted by atomic mass is 10.2. The number of benzene rings is 2. The Morgan fingerprint density at radius 3 is 2.34 bits per heavy atom. The van der Waals surface area contributed by atoms with Crippen molar-refractivity contribution in [3.8, 4) is 5.75 Å². The molecule has 8 heteroatoms. The summed E-state index contributed by atoms with van der Waals surface area (Å²) in [4.78, 5) is 23.9. The molecule has 0 heterocycles. The van der Waals surface area contributed by atoms with Crippen LogP contribution in [0.15, 0.2) is 54.6 Å². The Labute approximate surface area is 174 Å². The van der Waals surface area contributed by atoms with E-state index in [0.717, 1.165) is 0 Å². The van der Waals surface area contributed by atoms with Gasteiger partial charge in [-0.05, 0) is 66.2 Å². The minimum absolute atomic E-state index is 0.0657. The number of rotatable bonds is 6. The minimum atomic E-state index is -0.493. The quantitative estimate of drug-likeness (QED) is 0.384. The van der Waals surface area contributed by atoms with E-state index in [9.17, 15) is 14.0 Å². The van der Waals surface area contributed by atoms with Crippen molar-refractivity contribution in [1.29, 1.82) is 0 Å². The lowest BCUT2D eigenvalue weighted by Gasteiger charge is -2.11. The van der Waals surface area contributed by atoms with E-state index in [-0.39, 0.29) is 10.9 Å². The van der Waals surface area contributed by atoms with E-state index in [1.807, 2.05) is 13.8 Å². The molecule has 0 fully saturated rings. The van der Waals surface area contributed by atoms with E-state index in [2.05, 4.69) is 16.2 Å². The zero-order valence-corrected chi connectivity index (χ0v) is 16.9. The third-order valence-electron chi connectivity index (χ3n) is 3.52. The zero-order chi connectivity index (χ0) is 21.2. The Morgan fingerprint density at radius 2 is 1.72 bits per heavy atom. The number of hydrazine groups is 1. The maximum absolute atomic E-state index is 12.8. The first-order valence-electron chi connectivity index (χ1n) is 8.91. The monoisotopic (exact) mass is 415 g/mol. The molecule has 3 N–H and O–H groups in total. The van der Waals surface area contributed by atoms with Gasteiger partial charge < -0.3 is 4.74 Å². The molecule has 0 aromatic heterocycles. The number of carbonyl (C=O) groups is 2. The summed E-state index contributed by atoms with van der Waals surface area (Å²) >= 11 is 4.96. The Kier molecular flexibility index (Phi) is 8.29.